The zero-order valence-corrected chi connectivity index (χ0v) is 13.9. The Morgan fingerprint density at radius 2 is 2.10 bits per heavy atom. The van der Waals surface area contributed by atoms with Gasteiger partial charge in [0.05, 0.1) is 10.5 Å². The first-order valence-electron chi connectivity index (χ1n) is 6.12. The van der Waals surface area contributed by atoms with Gasteiger partial charge in [-0.05, 0) is 46.5 Å². The van der Waals surface area contributed by atoms with Gasteiger partial charge < -0.3 is 5.11 Å². The molecule has 21 heavy (non-hydrogen) atoms. The first kappa shape index (κ1) is 17.6. The average molecular weight is 375 g/mol. The highest BCUT2D eigenvalue weighted by Gasteiger charge is 2.26. The molecule has 1 aromatic rings. The highest BCUT2D eigenvalue weighted by molar-refractivity contribution is 9.10. The number of hydrogen-bond donors (Lipinski definition) is 2. The average Bonchev–Trinajstić information content (AvgIpc) is 2.36. The second kappa shape index (κ2) is 7.02. The molecule has 0 amide bonds. The molecular weight excluding hydrogens is 360 g/mol. The van der Waals surface area contributed by atoms with Crippen LogP contribution in [0.3, 0.4) is 0 Å². The van der Waals surface area contributed by atoms with Crippen LogP contribution in [0.15, 0.2) is 27.6 Å². The minimum absolute atomic E-state index is 0.0292. The van der Waals surface area contributed by atoms with Crippen LogP contribution in [0.1, 0.15) is 25.8 Å². The smallest absolute Gasteiger partial charge is 0.321 e. The third-order valence-corrected chi connectivity index (χ3v) is 4.80. The third kappa shape index (κ3) is 4.81. The minimum Gasteiger partial charge on any atom is -0.480 e. The van der Waals surface area contributed by atoms with Gasteiger partial charge in [-0.3, -0.25) is 4.79 Å². The van der Waals surface area contributed by atoms with Crippen LogP contribution >= 0.6 is 15.9 Å². The largest absolute Gasteiger partial charge is 0.480 e. The molecular formula is C13H15BrN2O4S. The SMILES string of the molecule is CC(C)CC(NS(=O)(=O)c1ccc(C#N)c(Br)c1)C(=O)O. The zero-order valence-electron chi connectivity index (χ0n) is 11.5. The topological polar surface area (TPSA) is 107 Å². The Morgan fingerprint density at radius 1 is 1.48 bits per heavy atom. The number of nitrogens with one attached hydrogen (secondary N) is 1. The van der Waals surface area contributed by atoms with Crippen molar-refractivity contribution in [2.24, 2.45) is 5.92 Å². The number of rotatable bonds is 6. The summed E-state index contributed by atoms with van der Waals surface area (Å²) in [4.78, 5) is 11.0. The van der Waals surface area contributed by atoms with E-state index in [0.717, 1.165) is 0 Å². The van der Waals surface area contributed by atoms with E-state index in [1.807, 2.05) is 19.9 Å². The Morgan fingerprint density at radius 3 is 2.52 bits per heavy atom. The molecule has 1 aromatic carbocycles. The van der Waals surface area contributed by atoms with Gasteiger partial charge in [-0.25, -0.2) is 8.42 Å². The highest BCUT2D eigenvalue weighted by Crippen LogP contribution is 2.21. The number of halogens is 1. The van der Waals surface area contributed by atoms with Crippen LogP contribution in [-0.2, 0) is 14.8 Å². The fraction of sp³-hybridized carbons (Fsp3) is 0.385. The molecule has 1 atom stereocenters. The minimum atomic E-state index is -3.97. The maximum atomic E-state index is 12.2. The van der Waals surface area contributed by atoms with Gasteiger partial charge >= 0.3 is 5.97 Å². The third-order valence-electron chi connectivity index (χ3n) is 2.67. The highest BCUT2D eigenvalue weighted by atomic mass is 79.9. The lowest BCUT2D eigenvalue weighted by Gasteiger charge is -2.16. The van der Waals surface area contributed by atoms with Crippen molar-refractivity contribution < 1.29 is 18.3 Å². The molecule has 8 heteroatoms. The molecule has 0 saturated heterocycles. The molecule has 0 fully saturated rings. The molecule has 0 aromatic heterocycles. The number of aliphatic carboxylic acids is 1. The van der Waals surface area contributed by atoms with Crippen LogP contribution in [0.25, 0.3) is 0 Å². The fourth-order valence-corrected chi connectivity index (χ4v) is 3.53. The van der Waals surface area contributed by atoms with E-state index in [1.165, 1.54) is 18.2 Å². The van der Waals surface area contributed by atoms with Gasteiger partial charge in [0.25, 0.3) is 0 Å². The molecule has 0 saturated carbocycles. The number of nitriles is 1. The number of nitrogens with zero attached hydrogens (tertiary/aromatic N) is 1. The summed E-state index contributed by atoms with van der Waals surface area (Å²) in [6.45, 7) is 3.62. The van der Waals surface area contributed by atoms with E-state index in [2.05, 4.69) is 20.7 Å². The summed E-state index contributed by atoms with van der Waals surface area (Å²) >= 11 is 3.10. The molecule has 0 heterocycles. The maximum Gasteiger partial charge on any atom is 0.321 e. The maximum absolute atomic E-state index is 12.2. The first-order valence-corrected chi connectivity index (χ1v) is 8.39. The molecule has 2 N–H and O–H groups in total. The number of sulfonamides is 1. The van der Waals surface area contributed by atoms with E-state index in [-0.39, 0.29) is 17.2 Å². The molecule has 1 rings (SSSR count). The molecule has 0 radical (unpaired) electrons. The van der Waals surface area contributed by atoms with Crippen LogP contribution in [0.5, 0.6) is 0 Å². The lowest BCUT2D eigenvalue weighted by molar-refractivity contribution is -0.139. The van der Waals surface area contributed by atoms with E-state index < -0.39 is 22.0 Å². The Kier molecular flexibility index (Phi) is 5.89. The van der Waals surface area contributed by atoms with E-state index in [9.17, 15) is 13.2 Å². The quantitative estimate of drug-likeness (QED) is 0.792. The molecule has 0 aliphatic rings. The number of carbonyl (C=O) groups is 1. The second-order valence-electron chi connectivity index (χ2n) is 4.90. The van der Waals surface area contributed by atoms with Crippen molar-refractivity contribution in [1.29, 1.82) is 5.26 Å². The van der Waals surface area contributed by atoms with Crippen molar-refractivity contribution in [3.05, 3.63) is 28.2 Å². The molecule has 0 spiro atoms. The van der Waals surface area contributed by atoms with E-state index in [1.54, 1.807) is 0 Å². The summed E-state index contributed by atoms with van der Waals surface area (Å²) in [6, 6.07) is 4.61. The van der Waals surface area contributed by atoms with E-state index >= 15 is 0 Å². The van der Waals surface area contributed by atoms with Gasteiger partial charge in [0.1, 0.15) is 12.1 Å². The van der Waals surface area contributed by atoms with Crippen molar-refractivity contribution in [2.45, 2.75) is 31.2 Å². The normalized spacial score (nSPS) is 12.9. The van der Waals surface area contributed by atoms with Crippen LogP contribution in [0.4, 0.5) is 0 Å². The van der Waals surface area contributed by atoms with Crippen molar-refractivity contribution in [3.8, 4) is 6.07 Å². The van der Waals surface area contributed by atoms with Gasteiger partial charge in [-0.2, -0.15) is 9.98 Å². The fourth-order valence-electron chi connectivity index (χ4n) is 1.68. The van der Waals surface area contributed by atoms with Crippen LogP contribution < -0.4 is 4.72 Å². The van der Waals surface area contributed by atoms with Gasteiger partial charge in [0.2, 0.25) is 10.0 Å². The number of benzene rings is 1. The molecule has 114 valence electrons. The van der Waals surface area contributed by atoms with Gasteiger partial charge in [-0.1, -0.05) is 13.8 Å². The molecule has 1 unspecified atom stereocenters. The van der Waals surface area contributed by atoms with Crippen molar-refractivity contribution in [1.82, 2.24) is 4.72 Å². The van der Waals surface area contributed by atoms with Crippen molar-refractivity contribution >= 4 is 31.9 Å². The Balaban J connectivity index is 3.08. The van der Waals surface area contributed by atoms with Gasteiger partial charge in [-0.15, -0.1) is 0 Å². The van der Waals surface area contributed by atoms with Gasteiger partial charge in [0.15, 0.2) is 0 Å². The monoisotopic (exact) mass is 374 g/mol. The number of carboxylic acids is 1. The zero-order chi connectivity index (χ0) is 16.2. The van der Waals surface area contributed by atoms with Crippen molar-refractivity contribution in [2.75, 3.05) is 0 Å². The Hall–Kier alpha value is -1.43. The second-order valence-corrected chi connectivity index (χ2v) is 7.46. The van der Waals surface area contributed by atoms with Crippen LogP contribution in [0, 0.1) is 17.2 Å². The van der Waals surface area contributed by atoms with E-state index in [4.69, 9.17) is 10.4 Å². The molecule has 0 bridgehead atoms. The van der Waals surface area contributed by atoms with Crippen LogP contribution in [-0.4, -0.2) is 25.5 Å². The lowest BCUT2D eigenvalue weighted by atomic mass is 10.1. The summed E-state index contributed by atoms with van der Waals surface area (Å²) < 4.78 is 26.9. The standard InChI is InChI=1S/C13H15BrN2O4S/c1-8(2)5-12(13(17)18)16-21(19,20)10-4-3-9(7-15)11(14)6-10/h3-4,6,8,12,16H,5H2,1-2H3,(H,17,18). The lowest BCUT2D eigenvalue weighted by Crippen LogP contribution is -2.41. The Bertz CT molecular complexity index is 680. The summed E-state index contributed by atoms with van der Waals surface area (Å²) in [7, 11) is -3.97. The molecule has 0 aliphatic heterocycles. The predicted octanol–water partition coefficient (Wildman–Crippen LogP) is 2.10. The molecule has 6 nitrogen and oxygen atoms in total. The van der Waals surface area contributed by atoms with E-state index in [0.29, 0.717) is 10.0 Å². The predicted molar refractivity (Wildman–Crippen MR) is 80.1 cm³/mol. The van der Waals surface area contributed by atoms with Gasteiger partial charge in [0, 0.05) is 4.47 Å². The summed E-state index contributed by atoms with van der Waals surface area (Å²) in [5.74, 6) is -1.19. The molecule has 0 aliphatic carbocycles. The summed E-state index contributed by atoms with van der Waals surface area (Å²) in [5.41, 5.74) is 0.297. The van der Waals surface area contributed by atoms with Crippen LogP contribution in [0.2, 0.25) is 0 Å². The Labute approximate surface area is 132 Å². The first-order chi connectivity index (χ1) is 9.67. The number of hydrogen-bond acceptors (Lipinski definition) is 4. The summed E-state index contributed by atoms with van der Waals surface area (Å²) in [6.07, 6.45) is 0.187. The summed E-state index contributed by atoms with van der Waals surface area (Å²) in [5, 5.41) is 17.9. The van der Waals surface area contributed by atoms with Crippen molar-refractivity contribution in [3.63, 3.8) is 0 Å². The number of carboxylic acid groups (broad SMARTS) is 1.